The monoisotopic (exact) mass is 490 g/mol. The van der Waals surface area contributed by atoms with Gasteiger partial charge in [-0.15, -0.1) is 35.7 Å². The highest BCUT2D eigenvalue weighted by Gasteiger charge is 2.43. The van der Waals surface area contributed by atoms with E-state index in [1.807, 2.05) is 50.5 Å². The molecule has 0 aliphatic heterocycles. The lowest BCUT2D eigenvalue weighted by molar-refractivity contribution is -0.122. The summed E-state index contributed by atoms with van der Waals surface area (Å²) in [6, 6.07) is 10.5. The summed E-state index contributed by atoms with van der Waals surface area (Å²) in [5.74, 6) is 0.752. The summed E-state index contributed by atoms with van der Waals surface area (Å²) in [5, 5.41) is 6.41. The molecule has 1 amide bonds. The van der Waals surface area contributed by atoms with Crippen LogP contribution in [0.2, 0.25) is 0 Å². The van der Waals surface area contributed by atoms with E-state index in [1.165, 1.54) is 17.7 Å². The molecule has 26 heavy (non-hydrogen) atoms. The van der Waals surface area contributed by atoms with Gasteiger partial charge < -0.3 is 15.5 Å². The van der Waals surface area contributed by atoms with Crippen LogP contribution in [0.4, 0.5) is 0 Å². The molecule has 0 saturated heterocycles. The van der Waals surface area contributed by atoms with E-state index in [1.54, 1.807) is 7.05 Å². The molecule has 0 heterocycles. The number of halogens is 1. The maximum atomic E-state index is 12.1. The Morgan fingerprint density at radius 3 is 2.38 bits per heavy atom. The first kappa shape index (κ1) is 23.1. The minimum Gasteiger partial charge on any atom is -0.355 e. The van der Waals surface area contributed by atoms with E-state index in [0.29, 0.717) is 0 Å². The van der Waals surface area contributed by atoms with Crippen LogP contribution in [0.3, 0.4) is 0 Å². The molecule has 1 aliphatic carbocycles. The summed E-state index contributed by atoms with van der Waals surface area (Å²) >= 11 is 1.93. The van der Waals surface area contributed by atoms with Crippen molar-refractivity contribution < 1.29 is 4.79 Å². The first-order chi connectivity index (χ1) is 11.7. The standard InChI is InChI=1S/C19H30N4OS.HI/c1-18(2,3)22-16(24)13-23(5)17(20-4)21-14-19(11-12-19)25-15-9-7-6-8-10-15;/h6-10H,11-14H2,1-5H3,(H,20,21)(H,22,24);1H. The number of carbonyl (C=O) groups is 1. The third-order valence-corrected chi connectivity index (χ3v) is 5.42. The predicted molar refractivity (Wildman–Crippen MR) is 122 cm³/mol. The van der Waals surface area contributed by atoms with E-state index >= 15 is 0 Å². The van der Waals surface area contributed by atoms with Crippen molar-refractivity contribution in [2.24, 2.45) is 4.99 Å². The molecular weight excluding hydrogens is 459 g/mol. The number of benzene rings is 1. The van der Waals surface area contributed by atoms with Crippen LogP contribution in [-0.2, 0) is 4.79 Å². The number of nitrogens with zero attached hydrogens (tertiary/aromatic N) is 2. The number of amides is 1. The smallest absolute Gasteiger partial charge is 0.240 e. The number of rotatable bonds is 6. The van der Waals surface area contributed by atoms with E-state index in [4.69, 9.17) is 0 Å². The summed E-state index contributed by atoms with van der Waals surface area (Å²) in [4.78, 5) is 19.6. The van der Waals surface area contributed by atoms with Gasteiger partial charge in [-0.05, 0) is 45.7 Å². The Morgan fingerprint density at radius 2 is 1.88 bits per heavy atom. The summed E-state index contributed by atoms with van der Waals surface area (Å²) in [6.45, 7) is 7.08. The van der Waals surface area contributed by atoms with Crippen molar-refractivity contribution in [3.05, 3.63) is 30.3 Å². The van der Waals surface area contributed by atoms with Gasteiger partial charge in [0.05, 0.1) is 6.54 Å². The number of thioether (sulfide) groups is 1. The molecule has 1 aliphatic rings. The lowest BCUT2D eigenvalue weighted by Crippen LogP contribution is -2.49. The van der Waals surface area contributed by atoms with Gasteiger partial charge in [-0.3, -0.25) is 9.79 Å². The van der Waals surface area contributed by atoms with Crippen LogP contribution in [0, 0.1) is 0 Å². The van der Waals surface area contributed by atoms with Gasteiger partial charge in [0, 0.05) is 35.8 Å². The number of carbonyl (C=O) groups excluding carboxylic acids is 1. The van der Waals surface area contributed by atoms with Crippen LogP contribution in [0.1, 0.15) is 33.6 Å². The number of hydrogen-bond acceptors (Lipinski definition) is 3. The fraction of sp³-hybridized carbons (Fsp3) is 0.579. The minimum atomic E-state index is -0.223. The highest BCUT2D eigenvalue weighted by molar-refractivity contribution is 14.0. The molecule has 2 N–H and O–H groups in total. The number of guanidine groups is 1. The maximum absolute atomic E-state index is 12.1. The maximum Gasteiger partial charge on any atom is 0.240 e. The Morgan fingerprint density at radius 1 is 1.27 bits per heavy atom. The van der Waals surface area contributed by atoms with Crippen molar-refractivity contribution in [3.63, 3.8) is 0 Å². The molecule has 7 heteroatoms. The third kappa shape index (κ3) is 7.73. The van der Waals surface area contributed by atoms with Crippen molar-refractivity contribution >= 4 is 47.6 Å². The fourth-order valence-electron chi connectivity index (χ4n) is 2.57. The van der Waals surface area contributed by atoms with Crippen LogP contribution in [0.25, 0.3) is 0 Å². The van der Waals surface area contributed by atoms with Crippen LogP contribution in [0.5, 0.6) is 0 Å². The van der Waals surface area contributed by atoms with Gasteiger partial charge >= 0.3 is 0 Å². The summed E-state index contributed by atoms with van der Waals surface area (Å²) in [7, 11) is 3.64. The largest absolute Gasteiger partial charge is 0.355 e. The quantitative estimate of drug-likeness (QED) is 0.365. The molecule has 0 atom stereocenters. The zero-order valence-corrected chi connectivity index (χ0v) is 19.5. The molecule has 0 radical (unpaired) electrons. The molecular formula is C19H31IN4OS. The Bertz CT molecular complexity index is 612. The van der Waals surface area contributed by atoms with E-state index in [0.717, 1.165) is 12.5 Å². The number of aliphatic imine (C=N–C) groups is 1. The Labute approximate surface area is 178 Å². The van der Waals surface area contributed by atoms with E-state index in [-0.39, 0.29) is 46.7 Å². The first-order valence-electron chi connectivity index (χ1n) is 8.70. The highest BCUT2D eigenvalue weighted by atomic mass is 127. The molecule has 0 aromatic heterocycles. The van der Waals surface area contributed by atoms with Crippen LogP contribution < -0.4 is 10.6 Å². The molecule has 0 bridgehead atoms. The zero-order chi connectivity index (χ0) is 18.5. The minimum absolute atomic E-state index is 0. The molecule has 146 valence electrons. The lowest BCUT2D eigenvalue weighted by atomic mass is 10.1. The Kier molecular flexibility index (Phi) is 8.72. The first-order valence-corrected chi connectivity index (χ1v) is 9.52. The van der Waals surface area contributed by atoms with Crippen LogP contribution in [-0.4, -0.2) is 54.2 Å². The molecule has 1 aromatic rings. The van der Waals surface area contributed by atoms with Crippen molar-refractivity contribution in [2.75, 3.05) is 27.2 Å². The van der Waals surface area contributed by atoms with E-state index < -0.39 is 0 Å². The van der Waals surface area contributed by atoms with Gasteiger partial charge in [0.2, 0.25) is 5.91 Å². The molecule has 2 rings (SSSR count). The number of likely N-dealkylation sites (N-methyl/N-ethyl adjacent to an activating group) is 1. The second-order valence-corrected chi connectivity index (χ2v) is 9.19. The van der Waals surface area contributed by atoms with Crippen molar-refractivity contribution in [1.82, 2.24) is 15.5 Å². The molecule has 1 aromatic carbocycles. The summed E-state index contributed by atoms with van der Waals surface area (Å²) in [6.07, 6.45) is 2.40. The molecule has 0 unspecified atom stereocenters. The van der Waals surface area contributed by atoms with Crippen molar-refractivity contribution in [2.45, 2.75) is 48.8 Å². The SMILES string of the molecule is CN=C(NCC1(Sc2ccccc2)CC1)N(C)CC(=O)NC(C)(C)C.I. The molecule has 5 nitrogen and oxygen atoms in total. The van der Waals surface area contributed by atoms with Crippen molar-refractivity contribution in [3.8, 4) is 0 Å². The van der Waals surface area contributed by atoms with Crippen LogP contribution in [0.15, 0.2) is 40.2 Å². The average molecular weight is 490 g/mol. The van der Waals surface area contributed by atoms with Crippen molar-refractivity contribution in [1.29, 1.82) is 0 Å². The van der Waals surface area contributed by atoms with Gasteiger partial charge in [-0.25, -0.2) is 0 Å². The molecule has 0 spiro atoms. The molecule has 1 fully saturated rings. The average Bonchev–Trinajstić information content (AvgIpc) is 3.26. The number of hydrogen-bond donors (Lipinski definition) is 2. The van der Waals surface area contributed by atoms with Gasteiger partial charge in [-0.2, -0.15) is 0 Å². The lowest BCUT2D eigenvalue weighted by Gasteiger charge is -2.26. The second kappa shape index (κ2) is 9.82. The second-order valence-electron chi connectivity index (χ2n) is 7.65. The van der Waals surface area contributed by atoms with Gasteiger partial charge in [0.25, 0.3) is 0 Å². The van der Waals surface area contributed by atoms with Crippen LogP contribution >= 0.6 is 35.7 Å². The van der Waals surface area contributed by atoms with E-state index in [2.05, 4.69) is 39.9 Å². The topological polar surface area (TPSA) is 56.7 Å². The third-order valence-electron chi connectivity index (χ3n) is 3.92. The summed E-state index contributed by atoms with van der Waals surface area (Å²) in [5.41, 5.74) is -0.223. The fourth-order valence-corrected chi connectivity index (χ4v) is 3.81. The number of nitrogens with one attached hydrogen (secondary N) is 2. The Balaban J connectivity index is 0.00000338. The van der Waals surface area contributed by atoms with Gasteiger partial charge in [0.1, 0.15) is 0 Å². The highest BCUT2D eigenvalue weighted by Crippen LogP contribution is 2.51. The van der Waals surface area contributed by atoms with Gasteiger partial charge in [-0.1, -0.05) is 18.2 Å². The van der Waals surface area contributed by atoms with Gasteiger partial charge in [0.15, 0.2) is 5.96 Å². The summed E-state index contributed by atoms with van der Waals surface area (Å²) < 4.78 is 0.242. The zero-order valence-electron chi connectivity index (χ0n) is 16.3. The van der Waals surface area contributed by atoms with E-state index in [9.17, 15) is 4.79 Å². The normalized spacial score (nSPS) is 15.7. The molecule has 1 saturated carbocycles. The Hall–Kier alpha value is -0.960. The predicted octanol–water partition coefficient (Wildman–Crippen LogP) is 3.35.